The Morgan fingerprint density at radius 1 is 1.08 bits per heavy atom. The van der Waals surface area contributed by atoms with Crippen LogP contribution >= 0.6 is 0 Å². The van der Waals surface area contributed by atoms with Gasteiger partial charge < -0.3 is 19.9 Å². The topological polar surface area (TPSA) is 99.8 Å². The fourth-order valence-corrected chi connectivity index (χ4v) is 2.99. The molecule has 0 aliphatic rings. The molecule has 0 aliphatic heterocycles. The van der Waals surface area contributed by atoms with Gasteiger partial charge in [0.2, 0.25) is 5.76 Å². The Balaban J connectivity index is 2.29. The third-order valence-corrected chi connectivity index (χ3v) is 3.91. The maximum atomic E-state index is 12.4. The molecule has 24 heavy (non-hydrogen) atoms. The number of aliphatic hydroxyl groups excluding tert-OH is 1. The summed E-state index contributed by atoms with van der Waals surface area (Å²) in [7, 11) is 0. The number of aliphatic hydroxyl groups is 1. The number of aromatic carboxylic acids is 1. The van der Waals surface area contributed by atoms with Crippen LogP contribution in [0.5, 0.6) is 0 Å². The molecule has 1 aromatic heterocycles. The molecule has 1 atom stereocenters. The summed E-state index contributed by atoms with van der Waals surface area (Å²) in [4.78, 5) is 23.4. The summed E-state index contributed by atoms with van der Waals surface area (Å²) in [5.41, 5.74) is 4.25. The van der Waals surface area contributed by atoms with Gasteiger partial charge in [0, 0.05) is 5.56 Å². The van der Waals surface area contributed by atoms with Gasteiger partial charge in [0.15, 0.2) is 5.76 Å². The zero-order valence-corrected chi connectivity index (χ0v) is 14.1. The molecule has 6 nitrogen and oxygen atoms in total. The van der Waals surface area contributed by atoms with Crippen LogP contribution < -0.4 is 5.32 Å². The van der Waals surface area contributed by atoms with Crippen molar-refractivity contribution >= 4 is 11.9 Å². The van der Waals surface area contributed by atoms with Gasteiger partial charge in [0.05, 0.1) is 12.6 Å². The SMILES string of the molecule is Cc1cc(C)c(C(CO)NC(=O)c2cc(C)c(C(=O)O)o2)c(C)c1. The third-order valence-electron chi connectivity index (χ3n) is 3.91. The largest absolute Gasteiger partial charge is 0.475 e. The Morgan fingerprint density at radius 3 is 2.12 bits per heavy atom. The van der Waals surface area contributed by atoms with Crippen molar-refractivity contribution in [2.45, 2.75) is 33.7 Å². The second-order valence-corrected chi connectivity index (χ2v) is 5.95. The van der Waals surface area contributed by atoms with Crippen LogP contribution in [0.3, 0.4) is 0 Å². The Bertz CT molecular complexity index is 768. The number of carboxylic acid groups (broad SMARTS) is 1. The molecule has 1 heterocycles. The molecule has 0 saturated carbocycles. The lowest BCUT2D eigenvalue weighted by atomic mass is 9.94. The molecule has 1 unspecified atom stereocenters. The predicted octanol–water partition coefficient (Wildman–Crippen LogP) is 2.67. The molecule has 0 saturated heterocycles. The van der Waals surface area contributed by atoms with Gasteiger partial charge in [-0.3, -0.25) is 4.79 Å². The number of hydrogen-bond acceptors (Lipinski definition) is 4. The summed E-state index contributed by atoms with van der Waals surface area (Å²) >= 11 is 0. The Morgan fingerprint density at radius 2 is 1.67 bits per heavy atom. The molecule has 6 heteroatoms. The molecule has 1 aromatic carbocycles. The van der Waals surface area contributed by atoms with E-state index in [2.05, 4.69) is 5.32 Å². The lowest BCUT2D eigenvalue weighted by molar-refractivity contribution is 0.0658. The van der Waals surface area contributed by atoms with Gasteiger partial charge in [-0.25, -0.2) is 4.79 Å². The van der Waals surface area contributed by atoms with E-state index in [1.54, 1.807) is 6.92 Å². The number of nitrogens with one attached hydrogen (secondary N) is 1. The number of benzene rings is 1. The zero-order valence-electron chi connectivity index (χ0n) is 14.1. The van der Waals surface area contributed by atoms with E-state index in [1.807, 2.05) is 32.9 Å². The van der Waals surface area contributed by atoms with Crippen LogP contribution in [0.1, 0.15) is 55.0 Å². The molecule has 1 amide bonds. The van der Waals surface area contributed by atoms with Gasteiger partial charge in [0.1, 0.15) is 0 Å². The summed E-state index contributed by atoms with van der Waals surface area (Å²) in [5, 5.41) is 21.4. The predicted molar refractivity (Wildman–Crippen MR) is 88.4 cm³/mol. The molecule has 0 radical (unpaired) electrons. The molecule has 0 spiro atoms. The first-order valence-corrected chi connectivity index (χ1v) is 7.57. The standard InChI is InChI=1S/C18H21NO5/c1-9-5-10(2)15(11(3)6-9)13(8-20)19-17(21)14-7-12(4)16(24-14)18(22)23/h5-7,13,20H,8H2,1-4H3,(H,19,21)(H,22,23). The van der Waals surface area contributed by atoms with E-state index in [0.717, 1.165) is 22.3 Å². The first kappa shape index (κ1) is 17.7. The fourth-order valence-electron chi connectivity index (χ4n) is 2.99. The monoisotopic (exact) mass is 331 g/mol. The molecule has 0 bridgehead atoms. The summed E-state index contributed by atoms with van der Waals surface area (Å²) in [6.45, 7) is 7.10. The van der Waals surface area contributed by atoms with Crippen LogP contribution in [0.25, 0.3) is 0 Å². The van der Waals surface area contributed by atoms with E-state index in [4.69, 9.17) is 9.52 Å². The van der Waals surface area contributed by atoms with Crippen molar-refractivity contribution in [3.63, 3.8) is 0 Å². The molecule has 0 aliphatic carbocycles. The van der Waals surface area contributed by atoms with Gasteiger partial charge >= 0.3 is 5.97 Å². The summed E-state index contributed by atoms with van der Waals surface area (Å²) < 4.78 is 5.11. The maximum absolute atomic E-state index is 12.4. The first-order valence-electron chi connectivity index (χ1n) is 7.57. The van der Waals surface area contributed by atoms with Crippen LogP contribution in [0.2, 0.25) is 0 Å². The zero-order chi connectivity index (χ0) is 18.0. The minimum atomic E-state index is -1.23. The van der Waals surface area contributed by atoms with Gasteiger partial charge in [-0.05, 0) is 50.5 Å². The normalized spacial score (nSPS) is 12.0. The average molecular weight is 331 g/mol. The van der Waals surface area contributed by atoms with Crippen molar-refractivity contribution < 1.29 is 24.2 Å². The number of rotatable bonds is 5. The minimum Gasteiger partial charge on any atom is -0.475 e. The van der Waals surface area contributed by atoms with Crippen molar-refractivity contribution in [2.75, 3.05) is 6.61 Å². The van der Waals surface area contributed by atoms with Crippen molar-refractivity contribution in [1.82, 2.24) is 5.32 Å². The molecule has 128 valence electrons. The van der Waals surface area contributed by atoms with Crippen molar-refractivity contribution in [2.24, 2.45) is 0 Å². The lowest BCUT2D eigenvalue weighted by Gasteiger charge is -2.21. The smallest absolute Gasteiger partial charge is 0.372 e. The molecular weight excluding hydrogens is 310 g/mol. The van der Waals surface area contributed by atoms with Crippen molar-refractivity contribution in [1.29, 1.82) is 0 Å². The van der Waals surface area contributed by atoms with Crippen LogP contribution in [0.4, 0.5) is 0 Å². The quantitative estimate of drug-likeness (QED) is 0.782. The Kier molecular flexibility index (Phi) is 5.09. The average Bonchev–Trinajstić information content (AvgIpc) is 2.87. The molecular formula is C18H21NO5. The number of aryl methyl sites for hydroxylation is 4. The van der Waals surface area contributed by atoms with Crippen molar-refractivity contribution in [3.8, 4) is 0 Å². The second-order valence-electron chi connectivity index (χ2n) is 5.95. The van der Waals surface area contributed by atoms with Gasteiger partial charge in [0.25, 0.3) is 5.91 Å². The number of hydrogen-bond donors (Lipinski definition) is 3. The van der Waals surface area contributed by atoms with E-state index in [-0.39, 0.29) is 18.1 Å². The van der Waals surface area contributed by atoms with E-state index in [0.29, 0.717) is 5.56 Å². The second kappa shape index (κ2) is 6.88. The molecule has 2 aromatic rings. The van der Waals surface area contributed by atoms with Crippen LogP contribution in [-0.4, -0.2) is 28.7 Å². The van der Waals surface area contributed by atoms with E-state index >= 15 is 0 Å². The minimum absolute atomic E-state index is 0.0919. The number of carbonyl (C=O) groups is 2. The van der Waals surface area contributed by atoms with E-state index < -0.39 is 17.9 Å². The van der Waals surface area contributed by atoms with Crippen molar-refractivity contribution in [3.05, 3.63) is 57.5 Å². The van der Waals surface area contributed by atoms with Crippen LogP contribution in [0, 0.1) is 27.7 Å². The Labute approximate surface area is 140 Å². The van der Waals surface area contributed by atoms with Gasteiger partial charge in [-0.1, -0.05) is 17.7 Å². The lowest BCUT2D eigenvalue weighted by Crippen LogP contribution is -2.31. The maximum Gasteiger partial charge on any atom is 0.372 e. The molecule has 0 fully saturated rings. The summed E-state index contributed by atoms with van der Waals surface area (Å²) in [6, 6.07) is 4.74. The number of carboxylic acids is 1. The first-order chi connectivity index (χ1) is 11.2. The number of furan rings is 1. The molecule has 3 N–H and O–H groups in total. The number of carbonyl (C=O) groups excluding carboxylic acids is 1. The third kappa shape index (κ3) is 3.49. The van der Waals surface area contributed by atoms with Gasteiger partial charge in [-0.15, -0.1) is 0 Å². The van der Waals surface area contributed by atoms with E-state index in [1.165, 1.54) is 6.07 Å². The fraction of sp³-hybridized carbons (Fsp3) is 0.333. The summed E-state index contributed by atoms with van der Waals surface area (Å²) in [5.74, 6) is -2.14. The molecule has 2 rings (SSSR count). The van der Waals surface area contributed by atoms with Crippen LogP contribution in [-0.2, 0) is 0 Å². The van der Waals surface area contributed by atoms with Gasteiger partial charge in [-0.2, -0.15) is 0 Å². The van der Waals surface area contributed by atoms with Crippen LogP contribution in [0.15, 0.2) is 22.6 Å². The number of amides is 1. The highest BCUT2D eigenvalue weighted by molar-refractivity contribution is 5.94. The Hall–Kier alpha value is -2.60. The highest BCUT2D eigenvalue weighted by Crippen LogP contribution is 2.24. The highest BCUT2D eigenvalue weighted by Gasteiger charge is 2.23. The summed E-state index contributed by atoms with van der Waals surface area (Å²) in [6.07, 6.45) is 0. The van der Waals surface area contributed by atoms with E-state index in [9.17, 15) is 14.7 Å². The highest BCUT2D eigenvalue weighted by atomic mass is 16.4.